The summed E-state index contributed by atoms with van der Waals surface area (Å²) in [5.41, 5.74) is 5.90. The number of nitrogens with one attached hydrogen (secondary N) is 2. The molecule has 1 atom stereocenters. The molecule has 1 aromatic carbocycles. The van der Waals surface area contributed by atoms with E-state index in [9.17, 15) is 13.6 Å². The van der Waals surface area contributed by atoms with E-state index in [-0.39, 0.29) is 17.9 Å². The average molecular weight is 407 g/mol. The second-order valence-electron chi connectivity index (χ2n) is 6.89. The Morgan fingerprint density at radius 1 is 1.21 bits per heavy atom. The molecule has 3 aliphatic rings. The van der Waals surface area contributed by atoms with Crippen molar-refractivity contribution in [3.63, 3.8) is 0 Å². The summed E-state index contributed by atoms with van der Waals surface area (Å²) in [6.45, 7) is 2.84. The molecule has 2 N–H and O–H groups in total. The van der Waals surface area contributed by atoms with Crippen LogP contribution in [0, 0.1) is 11.6 Å². The van der Waals surface area contributed by atoms with E-state index in [1.54, 1.807) is 4.90 Å². The van der Waals surface area contributed by atoms with Gasteiger partial charge in [0, 0.05) is 38.0 Å². The quantitative estimate of drug-likeness (QED) is 0.767. The molecule has 4 rings (SSSR count). The van der Waals surface area contributed by atoms with Crippen molar-refractivity contribution in [1.82, 2.24) is 15.9 Å². The molecule has 0 bridgehead atoms. The molecule has 1 aromatic rings. The lowest BCUT2D eigenvalue weighted by molar-refractivity contribution is 0.0589. The van der Waals surface area contributed by atoms with Crippen LogP contribution in [0.5, 0.6) is 0 Å². The van der Waals surface area contributed by atoms with Gasteiger partial charge >= 0.3 is 6.09 Å². The normalized spacial score (nSPS) is 22.2. The molecule has 0 aliphatic carbocycles. The maximum Gasteiger partial charge on any atom is 0.414 e. The first-order valence-corrected chi connectivity index (χ1v) is 9.52. The van der Waals surface area contributed by atoms with Gasteiger partial charge < -0.3 is 14.6 Å². The van der Waals surface area contributed by atoms with Crippen molar-refractivity contribution < 1.29 is 23.1 Å². The van der Waals surface area contributed by atoms with Gasteiger partial charge in [0.1, 0.15) is 11.8 Å². The Morgan fingerprint density at radius 3 is 2.79 bits per heavy atom. The lowest BCUT2D eigenvalue weighted by atomic mass is 10.2. The molecule has 156 valence electrons. The van der Waals surface area contributed by atoms with Crippen LogP contribution < -0.4 is 20.7 Å². The van der Waals surface area contributed by atoms with E-state index in [1.807, 2.05) is 29.4 Å². The number of cyclic esters (lactones) is 1. The minimum absolute atomic E-state index is 0.114. The largest absolute Gasteiger partial charge is 0.442 e. The third-order valence-corrected chi connectivity index (χ3v) is 4.89. The molecule has 3 aliphatic heterocycles. The van der Waals surface area contributed by atoms with Gasteiger partial charge in [0.2, 0.25) is 0 Å². The van der Waals surface area contributed by atoms with Gasteiger partial charge in [-0.05, 0) is 6.08 Å². The van der Waals surface area contributed by atoms with E-state index >= 15 is 0 Å². The molecule has 8 nitrogen and oxygen atoms in total. The number of amides is 1. The standard InChI is InChI=1S/C19H23F2N5O3/c20-16-10-14(11-17(21)18(16)24-7-4-23-28-9-8-24)26-13-15(29-19(26)27)12-22-25-5-2-1-3-6-25/h1-3,5,10-11,15,22-23H,4,6-9,12-13H2/t15-/m0/s1. The Labute approximate surface area is 167 Å². The van der Waals surface area contributed by atoms with Crippen molar-refractivity contribution in [2.45, 2.75) is 6.10 Å². The van der Waals surface area contributed by atoms with Crippen molar-refractivity contribution in [3.8, 4) is 0 Å². The fraction of sp³-hybridized carbons (Fsp3) is 0.421. The average Bonchev–Trinajstić information content (AvgIpc) is 2.89. The third-order valence-electron chi connectivity index (χ3n) is 4.89. The van der Waals surface area contributed by atoms with Crippen LogP contribution in [-0.2, 0) is 9.57 Å². The Kier molecular flexibility index (Phi) is 5.93. The van der Waals surface area contributed by atoms with E-state index in [0.717, 1.165) is 0 Å². The number of rotatable bonds is 5. The van der Waals surface area contributed by atoms with Crippen molar-refractivity contribution in [1.29, 1.82) is 0 Å². The molecule has 0 unspecified atom stereocenters. The predicted molar refractivity (Wildman–Crippen MR) is 103 cm³/mol. The minimum atomic E-state index is -0.721. The highest BCUT2D eigenvalue weighted by molar-refractivity contribution is 5.90. The third kappa shape index (κ3) is 4.50. The second kappa shape index (κ2) is 8.76. The molecular formula is C19H23F2N5O3. The molecule has 2 fully saturated rings. The van der Waals surface area contributed by atoms with Crippen molar-refractivity contribution in [3.05, 3.63) is 48.2 Å². The molecule has 0 aromatic heterocycles. The van der Waals surface area contributed by atoms with Crippen molar-refractivity contribution in [2.75, 3.05) is 55.7 Å². The van der Waals surface area contributed by atoms with E-state index in [2.05, 4.69) is 10.9 Å². The number of nitrogens with zero attached hydrogens (tertiary/aromatic N) is 3. The lowest BCUT2D eigenvalue weighted by Gasteiger charge is -2.24. The summed E-state index contributed by atoms with van der Waals surface area (Å²) in [5, 5.41) is 1.87. The summed E-state index contributed by atoms with van der Waals surface area (Å²) in [5.74, 6) is -1.44. The van der Waals surface area contributed by atoms with E-state index in [1.165, 1.54) is 17.0 Å². The van der Waals surface area contributed by atoms with Crippen LogP contribution in [0.25, 0.3) is 0 Å². The molecular weight excluding hydrogens is 384 g/mol. The molecule has 0 radical (unpaired) electrons. The predicted octanol–water partition coefficient (Wildman–Crippen LogP) is 1.52. The molecule has 29 heavy (non-hydrogen) atoms. The Bertz CT molecular complexity index is 788. The number of anilines is 2. The number of hydrazine groups is 1. The number of ether oxygens (including phenoxy) is 1. The zero-order chi connectivity index (χ0) is 20.2. The Morgan fingerprint density at radius 2 is 2.03 bits per heavy atom. The van der Waals surface area contributed by atoms with Crippen LogP contribution >= 0.6 is 0 Å². The van der Waals surface area contributed by atoms with E-state index < -0.39 is 23.8 Å². The fourth-order valence-corrected chi connectivity index (χ4v) is 3.47. The number of carbonyl (C=O) groups is 1. The Hall–Kier alpha value is -2.69. The first kappa shape index (κ1) is 19.6. The maximum atomic E-state index is 14.7. The molecule has 10 heteroatoms. The lowest BCUT2D eigenvalue weighted by Crippen LogP contribution is -2.40. The number of hydrogen-bond donors (Lipinski definition) is 2. The number of hydroxylamine groups is 1. The molecule has 1 amide bonds. The maximum absolute atomic E-state index is 14.7. The Balaban J connectivity index is 1.43. The second-order valence-corrected chi connectivity index (χ2v) is 6.89. The highest BCUT2D eigenvalue weighted by atomic mass is 19.1. The van der Waals surface area contributed by atoms with Crippen LogP contribution in [0.2, 0.25) is 0 Å². The summed E-state index contributed by atoms with van der Waals surface area (Å²) in [6.07, 6.45) is 6.65. The summed E-state index contributed by atoms with van der Waals surface area (Å²) in [6, 6.07) is 2.35. The summed E-state index contributed by atoms with van der Waals surface area (Å²) >= 11 is 0. The van der Waals surface area contributed by atoms with Crippen LogP contribution in [0.3, 0.4) is 0 Å². The zero-order valence-corrected chi connectivity index (χ0v) is 15.8. The number of carbonyl (C=O) groups excluding carboxylic acids is 1. The molecule has 0 spiro atoms. The summed E-state index contributed by atoms with van der Waals surface area (Å²) < 4.78 is 34.8. The highest BCUT2D eigenvalue weighted by Crippen LogP contribution is 2.31. The summed E-state index contributed by atoms with van der Waals surface area (Å²) in [4.78, 5) is 20.2. The monoisotopic (exact) mass is 407 g/mol. The fourth-order valence-electron chi connectivity index (χ4n) is 3.47. The van der Waals surface area contributed by atoms with Crippen molar-refractivity contribution in [2.24, 2.45) is 0 Å². The van der Waals surface area contributed by atoms with Crippen LogP contribution in [0.1, 0.15) is 0 Å². The van der Waals surface area contributed by atoms with Gasteiger partial charge in [-0.1, -0.05) is 12.2 Å². The molecule has 3 heterocycles. The topological polar surface area (TPSA) is 69.3 Å². The molecule has 2 saturated heterocycles. The summed E-state index contributed by atoms with van der Waals surface area (Å²) in [7, 11) is 0. The van der Waals surface area contributed by atoms with Gasteiger partial charge in [-0.15, -0.1) is 0 Å². The van der Waals surface area contributed by atoms with Gasteiger partial charge in [-0.2, -0.15) is 0 Å². The van der Waals surface area contributed by atoms with Gasteiger partial charge in [-0.3, -0.25) is 9.74 Å². The van der Waals surface area contributed by atoms with Crippen LogP contribution in [0.15, 0.2) is 36.6 Å². The first-order chi connectivity index (χ1) is 14.1. The first-order valence-electron chi connectivity index (χ1n) is 9.52. The van der Waals surface area contributed by atoms with Crippen LogP contribution in [0.4, 0.5) is 25.0 Å². The van der Waals surface area contributed by atoms with Gasteiger partial charge in [0.05, 0.1) is 31.9 Å². The minimum Gasteiger partial charge on any atom is -0.442 e. The van der Waals surface area contributed by atoms with Gasteiger partial charge in [0.25, 0.3) is 0 Å². The van der Waals surface area contributed by atoms with Gasteiger partial charge in [-0.25, -0.2) is 24.5 Å². The SMILES string of the molecule is O=C1O[C@@H](CNN2C=CC=CC2)CN1c1cc(F)c(N2CCNOCC2)c(F)c1. The van der Waals surface area contributed by atoms with E-state index in [4.69, 9.17) is 9.57 Å². The number of benzene rings is 1. The zero-order valence-electron chi connectivity index (χ0n) is 15.8. The number of hydrogen-bond acceptors (Lipinski definition) is 7. The van der Waals surface area contributed by atoms with E-state index in [0.29, 0.717) is 39.3 Å². The number of allylic oxidation sites excluding steroid dienone is 2. The molecule has 0 saturated carbocycles. The smallest absolute Gasteiger partial charge is 0.414 e. The van der Waals surface area contributed by atoms with Gasteiger partial charge in [0.15, 0.2) is 11.6 Å². The van der Waals surface area contributed by atoms with Crippen LogP contribution in [-0.4, -0.2) is 63.1 Å². The highest BCUT2D eigenvalue weighted by Gasteiger charge is 2.33. The number of halogens is 2. The van der Waals surface area contributed by atoms with Crippen molar-refractivity contribution >= 4 is 17.5 Å².